The fourth-order valence-corrected chi connectivity index (χ4v) is 3.72. The number of halogens is 2. The third kappa shape index (κ3) is 4.22. The molecule has 0 spiro atoms. The SMILES string of the molecule is C=CCn1c(C)nn(CN2CCC(C(=O)c3cc(F)ccc3F)CC2)c1=S. The highest BCUT2D eigenvalue weighted by molar-refractivity contribution is 7.71. The number of hydrogen-bond donors (Lipinski definition) is 0. The molecule has 1 aliphatic rings. The highest BCUT2D eigenvalue weighted by Gasteiger charge is 2.28. The zero-order valence-corrected chi connectivity index (χ0v) is 16.0. The number of likely N-dealkylation sites (tertiary alicyclic amines) is 1. The number of carbonyl (C=O) groups is 1. The predicted molar refractivity (Wildman–Crippen MR) is 101 cm³/mol. The normalized spacial score (nSPS) is 15.8. The average molecular weight is 392 g/mol. The number of piperidine rings is 1. The first-order chi connectivity index (χ1) is 12.9. The quantitative estimate of drug-likeness (QED) is 0.427. The molecule has 27 heavy (non-hydrogen) atoms. The number of carbonyl (C=O) groups excluding carboxylic acids is 1. The van der Waals surface area contributed by atoms with Crippen LogP contribution in [0.15, 0.2) is 30.9 Å². The number of hydrogen-bond acceptors (Lipinski definition) is 4. The molecule has 8 heteroatoms. The van der Waals surface area contributed by atoms with Crippen LogP contribution in [0.1, 0.15) is 29.0 Å². The van der Waals surface area contributed by atoms with Crippen molar-refractivity contribution < 1.29 is 13.6 Å². The van der Waals surface area contributed by atoms with Gasteiger partial charge in [-0.05, 0) is 50.2 Å². The number of rotatable bonds is 6. The molecule has 0 atom stereocenters. The van der Waals surface area contributed by atoms with Gasteiger partial charge in [-0.2, -0.15) is 5.10 Å². The Morgan fingerprint density at radius 1 is 1.37 bits per heavy atom. The Bertz CT molecular complexity index is 913. The lowest BCUT2D eigenvalue weighted by molar-refractivity contribution is 0.0799. The molecule has 1 aromatic heterocycles. The van der Waals surface area contributed by atoms with Gasteiger partial charge in [0.05, 0.1) is 12.2 Å². The van der Waals surface area contributed by atoms with Crippen molar-refractivity contribution in [3.63, 3.8) is 0 Å². The molecule has 2 heterocycles. The number of aryl methyl sites for hydroxylation is 1. The van der Waals surface area contributed by atoms with Gasteiger partial charge in [0.1, 0.15) is 17.5 Å². The largest absolute Gasteiger partial charge is 0.300 e. The summed E-state index contributed by atoms with van der Waals surface area (Å²) in [5, 5.41) is 4.47. The highest BCUT2D eigenvalue weighted by Crippen LogP contribution is 2.24. The summed E-state index contributed by atoms with van der Waals surface area (Å²) in [4.78, 5) is 14.7. The van der Waals surface area contributed by atoms with Crippen LogP contribution in [-0.2, 0) is 13.2 Å². The third-order valence-corrected chi connectivity index (χ3v) is 5.34. The van der Waals surface area contributed by atoms with Gasteiger partial charge in [-0.1, -0.05) is 6.08 Å². The Morgan fingerprint density at radius 2 is 2.07 bits per heavy atom. The molecule has 0 unspecified atom stereocenters. The van der Waals surface area contributed by atoms with E-state index >= 15 is 0 Å². The Morgan fingerprint density at radius 3 is 2.74 bits per heavy atom. The highest BCUT2D eigenvalue weighted by atomic mass is 32.1. The zero-order valence-electron chi connectivity index (χ0n) is 15.2. The van der Waals surface area contributed by atoms with Gasteiger partial charge in [0, 0.05) is 25.6 Å². The van der Waals surface area contributed by atoms with E-state index in [0.29, 0.717) is 43.9 Å². The smallest absolute Gasteiger partial charge is 0.199 e. The average Bonchev–Trinajstić information content (AvgIpc) is 2.91. The van der Waals surface area contributed by atoms with Crippen LogP contribution in [-0.4, -0.2) is 38.1 Å². The maximum absolute atomic E-state index is 13.9. The van der Waals surface area contributed by atoms with E-state index in [4.69, 9.17) is 12.2 Å². The lowest BCUT2D eigenvalue weighted by Crippen LogP contribution is -2.38. The van der Waals surface area contributed by atoms with Crippen molar-refractivity contribution in [2.75, 3.05) is 13.1 Å². The molecule has 0 aliphatic carbocycles. The molecule has 3 rings (SSSR count). The zero-order chi connectivity index (χ0) is 19.6. The summed E-state index contributed by atoms with van der Waals surface area (Å²) in [7, 11) is 0. The van der Waals surface area contributed by atoms with E-state index in [2.05, 4.69) is 16.6 Å². The second kappa shape index (κ2) is 8.22. The van der Waals surface area contributed by atoms with Crippen LogP contribution in [0, 0.1) is 29.2 Å². The van der Waals surface area contributed by atoms with Gasteiger partial charge in [-0.3, -0.25) is 9.69 Å². The molecule has 5 nitrogen and oxygen atoms in total. The molecule has 0 N–H and O–H groups in total. The van der Waals surface area contributed by atoms with Crippen molar-refractivity contribution in [1.82, 2.24) is 19.2 Å². The fraction of sp³-hybridized carbons (Fsp3) is 0.421. The van der Waals surface area contributed by atoms with E-state index < -0.39 is 11.6 Å². The second-order valence-electron chi connectivity index (χ2n) is 6.75. The first-order valence-electron chi connectivity index (χ1n) is 8.87. The summed E-state index contributed by atoms with van der Waals surface area (Å²) in [6.45, 7) is 8.12. The summed E-state index contributed by atoms with van der Waals surface area (Å²) >= 11 is 5.46. The minimum Gasteiger partial charge on any atom is -0.300 e. The van der Waals surface area contributed by atoms with Crippen LogP contribution in [0.5, 0.6) is 0 Å². The number of nitrogens with zero attached hydrogens (tertiary/aromatic N) is 4. The lowest BCUT2D eigenvalue weighted by atomic mass is 9.89. The van der Waals surface area contributed by atoms with E-state index in [9.17, 15) is 13.6 Å². The maximum Gasteiger partial charge on any atom is 0.199 e. The summed E-state index contributed by atoms with van der Waals surface area (Å²) < 4.78 is 31.5. The van der Waals surface area contributed by atoms with Crippen LogP contribution >= 0.6 is 12.2 Å². The van der Waals surface area contributed by atoms with Crippen molar-refractivity contribution >= 4 is 18.0 Å². The fourth-order valence-electron chi connectivity index (χ4n) is 3.41. The summed E-state index contributed by atoms with van der Waals surface area (Å²) in [5.74, 6) is -1.07. The molecule has 1 aromatic carbocycles. The Balaban J connectivity index is 1.63. The van der Waals surface area contributed by atoms with Crippen molar-refractivity contribution in [1.29, 1.82) is 0 Å². The maximum atomic E-state index is 13.9. The van der Waals surface area contributed by atoms with Gasteiger partial charge >= 0.3 is 0 Å². The van der Waals surface area contributed by atoms with E-state index in [-0.39, 0.29) is 17.3 Å². The minimum absolute atomic E-state index is 0.158. The van der Waals surface area contributed by atoms with Crippen molar-refractivity contribution in [2.24, 2.45) is 5.92 Å². The standard InChI is InChI=1S/C19H22F2N4OS/c1-3-8-24-13(2)22-25(19(24)27)12-23-9-6-14(7-10-23)18(26)16-11-15(20)4-5-17(16)21/h3-5,11,14H,1,6-10,12H2,2H3. The van der Waals surface area contributed by atoms with Crippen LogP contribution in [0.25, 0.3) is 0 Å². The van der Waals surface area contributed by atoms with Crippen LogP contribution in [0.4, 0.5) is 8.78 Å². The summed E-state index contributed by atoms with van der Waals surface area (Å²) in [6, 6.07) is 3.01. The second-order valence-corrected chi connectivity index (χ2v) is 7.12. The third-order valence-electron chi connectivity index (χ3n) is 4.91. The van der Waals surface area contributed by atoms with Gasteiger partial charge in [0.25, 0.3) is 0 Å². The van der Waals surface area contributed by atoms with E-state index in [1.165, 1.54) is 0 Å². The number of allylic oxidation sites excluding steroid dienone is 1. The molecule has 1 aliphatic heterocycles. The minimum atomic E-state index is -0.668. The summed E-state index contributed by atoms with van der Waals surface area (Å²) in [5.41, 5.74) is -0.158. The monoisotopic (exact) mass is 392 g/mol. The first-order valence-corrected chi connectivity index (χ1v) is 9.28. The van der Waals surface area contributed by atoms with Crippen LogP contribution in [0.3, 0.4) is 0 Å². The van der Waals surface area contributed by atoms with Crippen LogP contribution < -0.4 is 0 Å². The van der Waals surface area contributed by atoms with Gasteiger partial charge in [-0.15, -0.1) is 6.58 Å². The Kier molecular flexibility index (Phi) is 5.96. The molecule has 0 amide bonds. The molecular weight excluding hydrogens is 370 g/mol. The molecule has 0 radical (unpaired) electrons. The van der Waals surface area contributed by atoms with Crippen molar-refractivity contribution in [3.8, 4) is 0 Å². The molecule has 1 saturated heterocycles. The number of benzene rings is 1. The molecule has 0 saturated carbocycles. The Hall–Kier alpha value is -2.19. The predicted octanol–water partition coefficient (Wildman–Crippen LogP) is 3.74. The molecule has 1 fully saturated rings. The van der Waals surface area contributed by atoms with E-state index in [0.717, 1.165) is 24.0 Å². The summed E-state index contributed by atoms with van der Waals surface area (Å²) in [6.07, 6.45) is 2.96. The molecule has 2 aromatic rings. The van der Waals surface area contributed by atoms with Gasteiger partial charge in [0.2, 0.25) is 0 Å². The lowest BCUT2D eigenvalue weighted by Gasteiger charge is -2.31. The topological polar surface area (TPSA) is 43.1 Å². The molecule has 144 valence electrons. The Labute approximate surface area is 161 Å². The van der Waals surface area contributed by atoms with Crippen molar-refractivity contribution in [3.05, 3.63) is 58.6 Å². The first kappa shape index (κ1) is 19.6. The van der Waals surface area contributed by atoms with Gasteiger partial charge in [0.15, 0.2) is 10.6 Å². The van der Waals surface area contributed by atoms with E-state index in [1.54, 1.807) is 10.8 Å². The van der Waals surface area contributed by atoms with Gasteiger partial charge < -0.3 is 4.57 Å². The van der Waals surface area contributed by atoms with Crippen molar-refractivity contribution in [2.45, 2.75) is 33.0 Å². The molecule has 0 bridgehead atoms. The molecular formula is C19H22F2N4OS. The van der Waals surface area contributed by atoms with Gasteiger partial charge in [-0.25, -0.2) is 13.5 Å². The number of ketones is 1. The van der Waals surface area contributed by atoms with Crippen LogP contribution in [0.2, 0.25) is 0 Å². The van der Waals surface area contributed by atoms with E-state index in [1.807, 2.05) is 11.5 Å². The number of Topliss-reactive ketones (excluding diaryl/α,β-unsaturated/α-hetero) is 1. The number of aromatic nitrogens is 3.